The van der Waals surface area contributed by atoms with Crippen molar-refractivity contribution in [2.75, 3.05) is 13.6 Å². The first-order chi connectivity index (χ1) is 16.4. The molecule has 2 saturated carbocycles. The molecule has 2 aliphatic heterocycles. The minimum atomic E-state index is -4.60. The molecule has 2 aliphatic carbocycles. The van der Waals surface area contributed by atoms with Gasteiger partial charge in [0.2, 0.25) is 5.91 Å². The molecule has 2 heterocycles. The number of rotatable bonds is 3. The fraction of sp³-hybridized carbons (Fsp3) is 0.920. The van der Waals surface area contributed by atoms with Gasteiger partial charge in [-0.05, 0) is 76.0 Å². The molecular formula is C25H40F4N4O2. The van der Waals surface area contributed by atoms with Crippen LogP contribution >= 0.6 is 0 Å². The molecule has 3 amide bonds. The first-order valence-electron chi connectivity index (χ1n) is 13.2. The molecule has 0 bridgehead atoms. The van der Waals surface area contributed by atoms with E-state index >= 15 is 0 Å². The molecule has 0 aromatic carbocycles. The SMILES string of the molecule is CC1CC2C(CN1)CC(C1CC(NC(=O)NC3CCC(F)C(C(F)(F)F)C3)CCC1C)C(=O)N2C. The molecule has 35 heavy (non-hydrogen) atoms. The molecule has 4 fully saturated rings. The molecule has 3 N–H and O–H groups in total. The van der Waals surface area contributed by atoms with Gasteiger partial charge >= 0.3 is 12.2 Å². The number of alkyl halides is 4. The van der Waals surface area contributed by atoms with Crippen molar-refractivity contribution in [3.63, 3.8) is 0 Å². The third-order valence-corrected chi connectivity index (χ3v) is 9.22. The standard InChI is InChI=1S/C25H40F4N4O2/c1-13-4-5-16(31-24(35)32-17-6-7-21(26)20(11-17)25(27,28)29)10-18(13)19-9-15-12-30-14(2)8-22(15)33(3)23(19)34/h13-22,30H,4-12H2,1-3H3,(H2,31,32,35). The van der Waals surface area contributed by atoms with Crippen molar-refractivity contribution in [3.05, 3.63) is 0 Å². The molecule has 4 aliphatic rings. The zero-order valence-corrected chi connectivity index (χ0v) is 20.9. The Kier molecular flexibility index (Phi) is 7.88. The Morgan fingerprint density at radius 3 is 2.34 bits per heavy atom. The van der Waals surface area contributed by atoms with Crippen molar-refractivity contribution in [3.8, 4) is 0 Å². The highest BCUT2D eigenvalue weighted by molar-refractivity contribution is 5.80. The summed E-state index contributed by atoms with van der Waals surface area (Å²) in [5.41, 5.74) is 0. The molecule has 10 unspecified atom stereocenters. The molecule has 6 nitrogen and oxygen atoms in total. The maximum atomic E-state index is 13.8. The van der Waals surface area contributed by atoms with Gasteiger partial charge in [-0.2, -0.15) is 13.2 Å². The quantitative estimate of drug-likeness (QED) is 0.509. The number of hydrogen-bond acceptors (Lipinski definition) is 3. The van der Waals surface area contributed by atoms with Gasteiger partial charge in [0.1, 0.15) is 6.17 Å². The minimum Gasteiger partial charge on any atom is -0.342 e. The average Bonchev–Trinajstić information content (AvgIpc) is 2.78. The maximum absolute atomic E-state index is 13.8. The second kappa shape index (κ2) is 10.4. The summed E-state index contributed by atoms with van der Waals surface area (Å²) >= 11 is 0. The smallest absolute Gasteiger partial charge is 0.342 e. The van der Waals surface area contributed by atoms with Gasteiger partial charge < -0.3 is 20.9 Å². The van der Waals surface area contributed by atoms with Crippen LogP contribution in [0.5, 0.6) is 0 Å². The van der Waals surface area contributed by atoms with Crippen LogP contribution in [0.1, 0.15) is 65.2 Å². The van der Waals surface area contributed by atoms with E-state index in [4.69, 9.17) is 0 Å². The number of fused-ring (bicyclic) bond motifs is 1. The summed E-state index contributed by atoms with van der Waals surface area (Å²) in [5, 5.41) is 9.14. The van der Waals surface area contributed by atoms with Crippen molar-refractivity contribution in [1.29, 1.82) is 0 Å². The van der Waals surface area contributed by atoms with Crippen molar-refractivity contribution < 1.29 is 27.2 Å². The van der Waals surface area contributed by atoms with Gasteiger partial charge in [0.25, 0.3) is 0 Å². The Bertz CT molecular complexity index is 781. The lowest BCUT2D eigenvalue weighted by molar-refractivity contribution is -0.199. The third kappa shape index (κ3) is 5.88. The highest BCUT2D eigenvalue weighted by atomic mass is 19.4. The zero-order valence-electron chi connectivity index (χ0n) is 20.9. The normalized spacial score (nSPS) is 42.8. The van der Waals surface area contributed by atoms with Gasteiger partial charge in [-0.25, -0.2) is 9.18 Å². The van der Waals surface area contributed by atoms with Crippen LogP contribution in [-0.2, 0) is 4.79 Å². The summed E-state index contributed by atoms with van der Waals surface area (Å²) in [5.74, 6) is -0.972. The summed E-state index contributed by atoms with van der Waals surface area (Å²) < 4.78 is 53.1. The van der Waals surface area contributed by atoms with E-state index in [-0.39, 0.29) is 42.7 Å². The summed E-state index contributed by atoms with van der Waals surface area (Å²) in [7, 11) is 1.92. The number of nitrogens with one attached hydrogen (secondary N) is 3. The Morgan fingerprint density at radius 2 is 1.66 bits per heavy atom. The number of hydrogen-bond donors (Lipinski definition) is 3. The van der Waals surface area contributed by atoms with Crippen LogP contribution < -0.4 is 16.0 Å². The van der Waals surface area contributed by atoms with Crippen molar-refractivity contribution in [2.24, 2.45) is 29.6 Å². The number of carbonyl (C=O) groups is 2. The van der Waals surface area contributed by atoms with E-state index in [2.05, 4.69) is 29.8 Å². The monoisotopic (exact) mass is 504 g/mol. The Balaban J connectivity index is 1.33. The Hall–Kier alpha value is -1.58. The highest BCUT2D eigenvalue weighted by Gasteiger charge is 2.49. The fourth-order valence-electron chi connectivity index (χ4n) is 7.12. The molecule has 10 heteroatoms. The van der Waals surface area contributed by atoms with Crippen LogP contribution in [0.25, 0.3) is 0 Å². The maximum Gasteiger partial charge on any atom is 0.394 e. The predicted molar refractivity (Wildman–Crippen MR) is 124 cm³/mol. The van der Waals surface area contributed by atoms with Gasteiger partial charge in [0.05, 0.1) is 5.92 Å². The molecule has 200 valence electrons. The second-order valence-electron chi connectivity index (χ2n) is 11.6. The molecule has 0 aromatic rings. The van der Waals surface area contributed by atoms with Gasteiger partial charge in [0, 0.05) is 43.7 Å². The van der Waals surface area contributed by atoms with Gasteiger partial charge in [-0.15, -0.1) is 0 Å². The van der Waals surface area contributed by atoms with Crippen LogP contribution in [0, 0.1) is 29.6 Å². The van der Waals surface area contributed by atoms with E-state index in [1.807, 2.05) is 11.9 Å². The summed E-state index contributed by atoms with van der Waals surface area (Å²) in [6.45, 7) is 5.23. The van der Waals surface area contributed by atoms with E-state index in [9.17, 15) is 27.2 Å². The van der Waals surface area contributed by atoms with E-state index < -0.39 is 36.8 Å². The largest absolute Gasteiger partial charge is 0.394 e. The van der Waals surface area contributed by atoms with Crippen molar-refractivity contribution in [2.45, 2.75) is 102 Å². The lowest BCUT2D eigenvalue weighted by atomic mass is 9.65. The number of nitrogens with zero attached hydrogens (tertiary/aromatic N) is 1. The summed E-state index contributed by atoms with van der Waals surface area (Å²) in [4.78, 5) is 27.9. The Labute approximate surface area is 205 Å². The van der Waals surface area contributed by atoms with Crippen LogP contribution in [-0.4, -0.2) is 66.9 Å². The Morgan fingerprint density at radius 1 is 1.00 bits per heavy atom. The highest BCUT2D eigenvalue weighted by Crippen LogP contribution is 2.43. The van der Waals surface area contributed by atoms with E-state index in [0.29, 0.717) is 24.3 Å². The summed E-state index contributed by atoms with van der Waals surface area (Å²) in [6.07, 6.45) is -2.79. The second-order valence-corrected chi connectivity index (χ2v) is 11.6. The molecule has 4 rings (SSSR count). The number of likely N-dealkylation sites (tertiary alicyclic amines) is 1. The molecule has 2 saturated heterocycles. The average molecular weight is 505 g/mol. The van der Waals surface area contributed by atoms with Crippen molar-refractivity contribution in [1.82, 2.24) is 20.9 Å². The summed E-state index contributed by atoms with van der Waals surface area (Å²) in [6, 6.07) is -0.654. The molecule has 0 spiro atoms. The molecule has 10 atom stereocenters. The minimum absolute atomic E-state index is 0.0773. The number of urea groups is 1. The number of amides is 3. The van der Waals surface area contributed by atoms with Gasteiger partial charge in [0.15, 0.2) is 0 Å². The lowest BCUT2D eigenvalue weighted by Crippen LogP contribution is -2.60. The van der Waals surface area contributed by atoms with Crippen LogP contribution in [0.2, 0.25) is 0 Å². The number of halogens is 4. The number of carbonyl (C=O) groups excluding carboxylic acids is 2. The van der Waals surface area contributed by atoms with Gasteiger partial charge in [-0.1, -0.05) is 6.92 Å². The van der Waals surface area contributed by atoms with Crippen LogP contribution in [0.15, 0.2) is 0 Å². The van der Waals surface area contributed by atoms with Crippen molar-refractivity contribution >= 4 is 11.9 Å². The molecular weight excluding hydrogens is 464 g/mol. The molecule has 0 radical (unpaired) electrons. The third-order valence-electron chi connectivity index (χ3n) is 9.22. The van der Waals surface area contributed by atoms with Crippen LogP contribution in [0.4, 0.5) is 22.4 Å². The fourth-order valence-corrected chi connectivity index (χ4v) is 7.12. The topological polar surface area (TPSA) is 73.5 Å². The zero-order chi connectivity index (χ0) is 25.5. The number of piperidine rings is 2. The van der Waals surface area contributed by atoms with Gasteiger partial charge in [-0.3, -0.25) is 4.79 Å². The van der Waals surface area contributed by atoms with E-state index in [1.165, 1.54) is 0 Å². The lowest BCUT2D eigenvalue weighted by Gasteiger charge is -2.50. The van der Waals surface area contributed by atoms with E-state index in [0.717, 1.165) is 32.2 Å². The van der Waals surface area contributed by atoms with Crippen LogP contribution in [0.3, 0.4) is 0 Å². The first-order valence-corrected chi connectivity index (χ1v) is 13.2. The van der Waals surface area contributed by atoms with E-state index in [1.54, 1.807) is 0 Å². The first kappa shape index (κ1) is 26.5. The predicted octanol–water partition coefficient (Wildman–Crippen LogP) is 4.00. The molecule has 0 aromatic heterocycles.